The van der Waals surface area contributed by atoms with Crippen molar-refractivity contribution in [3.05, 3.63) is 90.0 Å². The highest BCUT2D eigenvalue weighted by Crippen LogP contribution is 2.29. The van der Waals surface area contributed by atoms with Gasteiger partial charge >= 0.3 is 0 Å². The van der Waals surface area contributed by atoms with Crippen LogP contribution >= 0.6 is 0 Å². The molecule has 1 heterocycles. The van der Waals surface area contributed by atoms with Gasteiger partial charge in [-0.3, -0.25) is 4.79 Å². The first-order valence-corrected chi connectivity index (χ1v) is 9.71. The van der Waals surface area contributed by atoms with Crippen molar-refractivity contribution < 1.29 is 14.3 Å². The SMILES string of the molecule is COc1cccc(/C=N/NC(=O)c2cc(-c3ccccc3)nc3ccccc23)c1OC. The zero-order valence-electron chi connectivity index (χ0n) is 17.2. The smallest absolute Gasteiger partial charge is 0.272 e. The van der Waals surface area contributed by atoms with Crippen LogP contribution < -0.4 is 14.9 Å². The van der Waals surface area contributed by atoms with Gasteiger partial charge in [-0.05, 0) is 24.3 Å². The Kier molecular flexibility index (Phi) is 5.89. The summed E-state index contributed by atoms with van der Waals surface area (Å²) < 4.78 is 10.7. The van der Waals surface area contributed by atoms with Gasteiger partial charge in [-0.25, -0.2) is 10.4 Å². The van der Waals surface area contributed by atoms with Crippen LogP contribution in [0.25, 0.3) is 22.2 Å². The van der Waals surface area contributed by atoms with Crippen molar-refractivity contribution in [3.8, 4) is 22.8 Å². The van der Waals surface area contributed by atoms with Crippen LogP contribution in [0.5, 0.6) is 11.5 Å². The number of carbonyl (C=O) groups excluding carboxylic acids is 1. The van der Waals surface area contributed by atoms with Crippen LogP contribution in [0.4, 0.5) is 0 Å². The van der Waals surface area contributed by atoms with E-state index in [4.69, 9.17) is 14.5 Å². The average molecular weight is 411 g/mol. The quantitative estimate of drug-likeness (QED) is 0.369. The number of fused-ring (bicyclic) bond motifs is 1. The largest absolute Gasteiger partial charge is 0.493 e. The predicted octanol–water partition coefficient (Wildman–Crippen LogP) is 4.68. The molecule has 0 radical (unpaired) electrons. The van der Waals surface area contributed by atoms with E-state index in [2.05, 4.69) is 10.5 Å². The summed E-state index contributed by atoms with van der Waals surface area (Å²) in [5, 5.41) is 4.89. The summed E-state index contributed by atoms with van der Waals surface area (Å²) in [7, 11) is 3.13. The zero-order valence-corrected chi connectivity index (χ0v) is 17.2. The van der Waals surface area contributed by atoms with Gasteiger partial charge in [-0.15, -0.1) is 0 Å². The van der Waals surface area contributed by atoms with Crippen molar-refractivity contribution >= 4 is 23.0 Å². The molecular weight excluding hydrogens is 390 g/mol. The molecule has 1 N–H and O–H groups in total. The Bertz CT molecular complexity index is 1250. The van der Waals surface area contributed by atoms with E-state index in [0.29, 0.717) is 22.6 Å². The minimum Gasteiger partial charge on any atom is -0.493 e. The highest BCUT2D eigenvalue weighted by Gasteiger charge is 2.14. The van der Waals surface area contributed by atoms with Crippen LogP contribution in [0.15, 0.2) is 84.0 Å². The lowest BCUT2D eigenvalue weighted by atomic mass is 10.0. The maximum atomic E-state index is 13.0. The van der Waals surface area contributed by atoms with Gasteiger partial charge in [0.25, 0.3) is 5.91 Å². The topological polar surface area (TPSA) is 72.8 Å². The van der Waals surface area contributed by atoms with Crippen LogP contribution in [0.1, 0.15) is 15.9 Å². The zero-order chi connectivity index (χ0) is 21.6. The molecule has 0 fully saturated rings. The van der Waals surface area contributed by atoms with Gasteiger partial charge in [0.05, 0.1) is 37.2 Å². The third kappa shape index (κ3) is 4.23. The van der Waals surface area contributed by atoms with E-state index in [-0.39, 0.29) is 5.91 Å². The average Bonchev–Trinajstić information content (AvgIpc) is 2.83. The molecule has 1 amide bonds. The van der Waals surface area contributed by atoms with E-state index in [1.165, 1.54) is 6.21 Å². The molecule has 0 atom stereocenters. The minimum absolute atomic E-state index is 0.325. The fourth-order valence-corrected chi connectivity index (χ4v) is 3.35. The molecule has 154 valence electrons. The Morgan fingerprint density at radius 3 is 2.48 bits per heavy atom. The number of hydrogen-bond donors (Lipinski definition) is 1. The van der Waals surface area contributed by atoms with Gasteiger partial charge in [0.15, 0.2) is 11.5 Å². The molecule has 6 nitrogen and oxygen atoms in total. The number of amides is 1. The molecule has 4 rings (SSSR count). The molecular formula is C25H21N3O3. The number of rotatable bonds is 6. The molecule has 6 heteroatoms. The van der Waals surface area contributed by atoms with Crippen LogP contribution in [0, 0.1) is 0 Å². The number of ether oxygens (including phenoxy) is 2. The number of nitrogens with zero attached hydrogens (tertiary/aromatic N) is 2. The number of hydrazone groups is 1. The maximum Gasteiger partial charge on any atom is 0.272 e. The summed E-state index contributed by atoms with van der Waals surface area (Å²) in [5.74, 6) is 0.808. The minimum atomic E-state index is -0.325. The van der Waals surface area contributed by atoms with Crippen molar-refractivity contribution in [3.63, 3.8) is 0 Å². The first kappa shape index (κ1) is 20.1. The summed E-state index contributed by atoms with van der Waals surface area (Å²) in [6.45, 7) is 0. The third-order valence-corrected chi connectivity index (χ3v) is 4.83. The van der Waals surface area contributed by atoms with E-state index in [1.54, 1.807) is 26.4 Å². The second kappa shape index (κ2) is 9.09. The monoisotopic (exact) mass is 411 g/mol. The van der Waals surface area contributed by atoms with E-state index >= 15 is 0 Å². The molecule has 0 saturated carbocycles. The predicted molar refractivity (Wildman–Crippen MR) is 122 cm³/mol. The third-order valence-electron chi connectivity index (χ3n) is 4.83. The number of methoxy groups -OCH3 is 2. The molecule has 0 aliphatic heterocycles. The second-order valence-corrected chi connectivity index (χ2v) is 6.72. The number of benzene rings is 3. The molecule has 3 aromatic carbocycles. The van der Waals surface area contributed by atoms with Gasteiger partial charge in [0, 0.05) is 16.5 Å². The van der Waals surface area contributed by atoms with Crippen LogP contribution in [-0.2, 0) is 0 Å². The summed E-state index contributed by atoms with van der Waals surface area (Å²) in [5.41, 5.74) is 6.20. The summed E-state index contributed by atoms with van der Waals surface area (Å²) in [4.78, 5) is 17.7. The number of pyridine rings is 1. The number of carbonyl (C=O) groups is 1. The normalized spacial score (nSPS) is 10.9. The lowest BCUT2D eigenvalue weighted by Gasteiger charge is -2.10. The van der Waals surface area contributed by atoms with E-state index < -0.39 is 0 Å². The van der Waals surface area contributed by atoms with E-state index in [0.717, 1.165) is 22.2 Å². The maximum absolute atomic E-state index is 13.0. The van der Waals surface area contributed by atoms with Crippen molar-refractivity contribution in [2.75, 3.05) is 14.2 Å². The van der Waals surface area contributed by atoms with Gasteiger partial charge in [0.1, 0.15) is 0 Å². The Labute approximate surface area is 180 Å². The van der Waals surface area contributed by atoms with E-state index in [9.17, 15) is 4.79 Å². The summed E-state index contributed by atoms with van der Waals surface area (Å²) in [6.07, 6.45) is 1.53. The molecule has 0 saturated heterocycles. The van der Waals surface area contributed by atoms with Gasteiger partial charge in [-0.1, -0.05) is 54.6 Å². The van der Waals surface area contributed by atoms with Crippen LogP contribution in [0.3, 0.4) is 0 Å². The highest BCUT2D eigenvalue weighted by atomic mass is 16.5. The highest BCUT2D eigenvalue weighted by molar-refractivity contribution is 6.07. The van der Waals surface area contributed by atoms with Gasteiger partial charge < -0.3 is 9.47 Å². The first-order chi connectivity index (χ1) is 15.2. The lowest BCUT2D eigenvalue weighted by molar-refractivity contribution is 0.0956. The Morgan fingerprint density at radius 1 is 0.935 bits per heavy atom. The lowest BCUT2D eigenvalue weighted by Crippen LogP contribution is -2.18. The van der Waals surface area contributed by atoms with Crippen molar-refractivity contribution in [2.24, 2.45) is 5.10 Å². The number of nitrogens with one attached hydrogen (secondary N) is 1. The fourth-order valence-electron chi connectivity index (χ4n) is 3.35. The fraction of sp³-hybridized carbons (Fsp3) is 0.0800. The molecule has 0 aliphatic rings. The molecule has 0 aliphatic carbocycles. The standard InChI is InChI=1S/C25H21N3O3/c1-30-23-14-8-11-18(24(23)31-2)16-26-28-25(29)20-15-22(17-9-4-3-5-10-17)27-21-13-7-6-12-19(20)21/h3-16H,1-2H3,(H,28,29)/b26-16+. The molecule has 31 heavy (non-hydrogen) atoms. The summed E-state index contributed by atoms with van der Waals surface area (Å²) >= 11 is 0. The van der Waals surface area contributed by atoms with Gasteiger partial charge in [-0.2, -0.15) is 5.10 Å². The Morgan fingerprint density at radius 2 is 1.71 bits per heavy atom. The van der Waals surface area contributed by atoms with Crippen molar-refractivity contribution in [1.29, 1.82) is 0 Å². The molecule has 4 aromatic rings. The van der Waals surface area contributed by atoms with Gasteiger partial charge in [0.2, 0.25) is 0 Å². The number of para-hydroxylation sites is 2. The van der Waals surface area contributed by atoms with E-state index in [1.807, 2.05) is 66.7 Å². The number of aromatic nitrogens is 1. The van der Waals surface area contributed by atoms with Crippen LogP contribution in [-0.4, -0.2) is 31.3 Å². The Balaban J connectivity index is 1.66. The molecule has 0 bridgehead atoms. The molecule has 0 unspecified atom stereocenters. The molecule has 0 spiro atoms. The number of hydrogen-bond acceptors (Lipinski definition) is 5. The van der Waals surface area contributed by atoms with Crippen molar-refractivity contribution in [2.45, 2.75) is 0 Å². The first-order valence-electron chi connectivity index (χ1n) is 9.71. The van der Waals surface area contributed by atoms with Crippen molar-refractivity contribution in [1.82, 2.24) is 10.4 Å². The molecule has 1 aromatic heterocycles. The summed E-state index contributed by atoms with van der Waals surface area (Å²) in [6, 6.07) is 24.5. The Hall–Kier alpha value is -4.19. The van der Waals surface area contributed by atoms with Crippen LogP contribution in [0.2, 0.25) is 0 Å². The second-order valence-electron chi connectivity index (χ2n) is 6.72.